The molecule has 150 valence electrons. The summed E-state index contributed by atoms with van der Waals surface area (Å²) in [5.74, 6) is -0.993. The minimum absolute atomic E-state index is 0. The number of hydrogen-bond donors (Lipinski definition) is 3. The van der Waals surface area contributed by atoms with Crippen LogP contribution in [0, 0.1) is 0 Å². The molecule has 0 fully saturated rings. The molecule has 0 rings (SSSR count). The summed E-state index contributed by atoms with van der Waals surface area (Å²) in [4.78, 5) is 24.4. The number of aliphatic hydroxyl groups excluding tert-OH is 1. The van der Waals surface area contributed by atoms with Crippen molar-refractivity contribution in [2.24, 2.45) is 0 Å². The number of nitrogens with zero attached hydrogens (tertiary/aromatic N) is 1. The van der Waals surface area contributed by atoms with Crippen LogP contribution in [0.2, 0.25) is 0 Å². The molecule has 7 heteroatoms. The van der Waals surface area contributed by atoms with Crippen molar-refractivity contribution >= 4 is 41.4 Å². The molecule has 0 aliphatic rings. The molecule has 0 aliphatic carbocycles. The van der Waals surface area contributed by atoms with Gasteiger partial charge in [-0.25, -0.2) is 0 Å². The molecule has 0 aromatic rings. The zero-order valence-electron chi connectivity index (χ0n) is 16.3. The van der Waals surface area contributed by atoms with Crippen LogP contribution in [0.25, 0.3) is 0 Å². The van der Waals surface area contributed by atoms with Crippen molar-refractivity contribution in [2.75, 3.05) is 13.1 Å². The predicted octanol–water partition coefficient (Wildman–Crippen LogP) is 2.49. The number of rotatable bonds is 16. The zero-order chi connectivity index (χ0) is 19.1. The van der Waals surface area contributed by atoms with E-state index in [1.165, 1.54) is 43.4 Å². The van der Waals surface area contributed by atoms with E-state index in [9.17, 15) is 14.7 Å². The van der Waals surface area contributed by atoms with Crippen molar-refractivity contribution in [3.8, 4) is 0 Å². The van der Waals surface area contributed by atoms with Gasteiger partial charge < -0.3 is 20.4 Å². The summed E-state index contributed by atoms with van der Waals surface area (Å²) in [6.45, 7) is 6.00. The van der Waals surface area contributed by atoms with Crippen LogP contribution in [0.5, 0.6) is 0 Å². The van der Waals surface area contributed by atoms with E-state index >= 15 is 0 Å². The first-order valence-corrected chi connectivity index (χ1v) is 9.83. The molecule has 2 unspecified atom stereocenters. The Morgan fingerprint density at radius 2 is 1.46 bits per heavy atom. The normalized spacial score (nSPS) is 12.9. The Morgan fingerprint density at radius 1 is 0.962 bits per heavy atom. The van der Waals surface area contributed by atoms with E-state index in [-0.39, 0.29) is 35.5 Å². The van der Waals surface area contributed by atoms with Crippen molar-refractivity contribution in [2.45, 2.75) is 97.2 Å². The van der Waals surface area contributed by atoms with E-state index in [0.29, 0.717) is 19.5 Å². The molecule has 0 saturated heterocycles. The van der Waals surface area contributed by atoms with Crippen LogP contribution >= 0.6 is 0 Å². The van der Waals surface area contributed by atoms with Crippen LogP contribution in [-0.2, 0) is 9.59 Å². The van der Waals surface area contributed by atoms with Crippen LogP contribution in [-0.4, -0.2) is 81.9 Å². The molecule has 3 N–H and O–H groups in total. The molecule has 0 aromatic heterocycles. The van der Waals surface area contributed by atoms with Gasteiger partial charge in [-0.15, -0.1) is 0 Å². The third-order valence-electron chi connectivity index (χ3n) is 4.44. The molecule has 0 spiro atoms. The van der Waals surface area contributed by atoms with Gasteiger partial charge in [-0.1, -0.05) is 58.3 Å². The Kier molecular flexibility index (Phi) is 19.7. The second-order valence-corrected chi connectivity index (χ2v) is 6.81. The maximum atomic E-state index is 12.2. The van der Waals surface area contributed by atoms with Gasteiger partial charge in [0.05, 0.1) is 0 Å². The van der Waals surface area contributed by atoms with Crippen LogP contribution in [0.3, 0.4) is 0 Å². The molecule has 2 atom stereocenters. The summed E-state index contributed by atoms with van der Waals surface area (Å²) in [6, 6.07) is -0.664. The number of amides is 1. The molecule has 26 heavy (non-hydrogen) atoms. The predicted molar refractivity (Wildman–Crippen MR) is 107 cm³/mol. The molecule has 0 radical (unpaired) electrons. The van der Waals surface area contributed by atoms with Crippen LogP contribution < -0.4 is 5.32 Å². The summed E-state index contributed by atoms with van der Waals surface area (Å²) in [7, 11) is 0. The van der Waals surface area contributed by atoms with Crippen molar-refractivity contribution in [1.82, 2.24) is 10.2 Å². The number of aliphatic hydroxyl groups is 1. The Morgan fingerprint density at radius 3 is 1.92 bits per heavy atom. The monoisotopic (exact) mass is 382 g/mol. The van der Waals surface area contributed by atoms with Gasteiger partial charge in [0.2, 0.25) is 5.91 Å². The van der Waals surface area contributed by atoms with Crippen molar-refractivity contribution < 1.29 is 19.8 Å². The van der Waals surface area contributed by atoms with Gasteiger partial charge in [0, 0.05) is 19.5 Å². The number of unbranched alkanes of at least 4 members (excludes halogenated alkanes) is 8. The molecule has 1 amide bonds. The summed E-state index contributed by atoms with van der Waals surface area (Å²) in [5.41, 5.74) is 0. The van der Waals surface area contributed by atoms with Crippen molar-refractivity contribution in [3.63, 3.8) is 0 Å². The van der Waals surface area contributed by atoms with Gasteiger partial charge in [0.25, 0.3) is 0 Å². The number of nitrogens with one attached hydrogen (secondary N) is 1. The van der Waals surface area contributed by atoms with Gasteiger partial charge in [0.1, 0.15) is 12.3 Å². The second-order valence-electron chi connectivity index (χ2n) is 6.81. The van der Waals surface area contributed by atoms with Crippen molar-refractivity contribution in [3.05, 3.63) is 0 Å². The Labute approximate surface area is 181 Å². The topological polar surface area (TPSA) is 89.9 Å². The van der Waals surface area contributed by atoms with Gasteiger partial charge in [-0.05, 0) is 20.3 Å². The van der Waals surface area contributed by atoms with E-state index in [4.69, 9.17) is 5.11 Å². The van der Waals surface area contributed by atoms with Gasteiger partial charge >= 0.3 is 35.5 Å². The minimum atomic E-state index is -0.926. The summed E-state index contributed by atoms with van der Waals surface area (Å²) in [5, 5.41) is 21.4. The summed E-state index contributed by atoms with van der Waals surface area (Å²) >= 11 is 0. The van der Waals surface area contributed by atoms with E-state index in [1.807, 2.05) is 0 Å². The van der Waals surface area contributed by atoms with E-state index in [1.54, 1.807) is 13.8 Å². The average Bonchev–Trinajstić information content (AvgIpc) is 2.56. The standard InChI is InChI=1S/C19H38N2O4.Na.H/c1-4-5-6-7-8-9-10-11-12-13-18(23)21(17(3)22)15-14-20-16(2)19(24)25;;/h16-17,20,22H,4-15H2,1-3H3,(H,24,25);;. The van der Waals surface area contributed by atoms with Gasteiger partial charge in [-0.3, -0.25) is 9.59 Å². The third-order valence-corrected chi connectivity index (χ3v) is 4.44. The zero-order valence-corrected chi connectivity index (χ0v) is 16.3. The Bertz CT molecular complexity index is 367. The number of carboxylic acid groups (broad SMARTS) is 1. The molecule has 0 saturated carbocycles. The average molecular weight is 383 g/mol. The van der Waals surface area contributed by atoms with Gasteiger partial charge in [0.15, 0.2) is 0 Å². The fraction of sp³-hybridized carbons (Fsp3) is 0.895. The quantitative estimate of drug-likeness (QED) is 0.217. The summed E-state index contributed by atoms with van der Waals surface area (Å²) < 4.78 is 0. The van der Waals surface area contributed by atoms with Crippen LogP contribution in [0.1, 0.15) is 85.0 Å². The number of carbonyl (C=O) groups is 2. The number of hydrogen-bond acceptors (Lipinski definition) is 4. The fourth-order valence-electron chi connectivity index (χ4n) is 2.74. The molecular formula is C19H39N2NaO4. The Hall–Kier alpha value is -0.140. The summed E-state index contributed by atoms with van der Waals surface area (Å²) in [6.07, 6.45) is 10.4. The maximum absolute atomic E-state index is 12.2. The van der Waals surface area contributed by atoms with Crippen LogP contribution in [0.4, 0.5) is 0 Å². The molecular weight excluding hydrogens is 343 g/mol. The number of carboxylic acids is 1. The van der Waals surface area contributed by atoms with E-state index in [0.717, 1.165) is 19.3 Å². The molecule has 0 heterocycles. The third kappa shape index (κ3) is 15.0. The van der Waals surface area contributed by atoms with E-state index in [2.05, 4.69) is 12.2 Å². The van der Waals surface area contributed by atoms with Crippen molar-refractivity contribution in [1.29, 1.82) is 0 Å². The first-order chi connectivity index (χ1) is 11.9. The van der Waals surface area contributed by atoms with Crippen LogP contribution in [0.15, 0.2) is 0 Å². The Balaban J connectivity index is 0. The fourth-order valence-corrected chi connectivity index (χ4v) is 2.74. The molecule has 0 aliphatic heterocycles. The molecule has 0 bridgehead atoms. The first kappa shape index (κ1) is 28.1. The van der Waals surface area contributed by atoms with E-state index < -0.39 is 18.2 Å². The number of aliphatic carboxylic acids is 1. The molecule has 6 nitrogen and oxygen atoms in total. The first-order valence-electron chi connectivity index (χ1n) is 9.83. The van der Waals surface area contributed by atoms with Gasteiger partial charge in [-0.2, -0.15) is 0 Å². The second kappa shape index (κ2) is 18.2. The number of carbonyl (C=O) groups excluding carboxylic acids is 1. The molecule has 0 aromatic carbocycles. The SMILES string of the molecule is CCCCCCCCCCCC(=O)N(CCNC(C)C(=O)O)C(C)O.[NaH].